The van der Waals surface area contributed by atoms with Crippen molar-refractivity contribution >= 4 is 17.5 Å². The second kappa shape index (κ2) is 4.68. The highest BCUT2D eigenvalue weighted by atomic mass is 16.2. The highest BCUT2D eigenvalue weighted by Crippen LogP contribution is 2.28. The topological polar surface area (TPSA) is 49.4 Å². The van der Waals surface area contributed by atoms with Crippen molar-refractivity contribution in [3.05, 3.63) is 30.3 Å². The van der Waals surface area contributed by atoms with Crippen LogP contribution in [0.1, 0.15) is 27.7 Å². The lowest BCUT2D eigenvalue weighted by molar-refractivity contribution is -0.138. The normalized spacial score (nSPS) is 22.6. The Hall–Kier alpha value is -1.84. The molecular weight excluding hydrogens is 240 g/mol. The number of anilines is 1. The molecule has 1 fully saturated rings. The molecule has 0 radical (unpaired) electrons. The molecule has 1 unspecified atom stereocenters. The van der Waals surface area contributed by atoms with Crippen LogP contribution in [0.4, 0.5) is 5.69 Å². The number of hydrogen-bond donors (Lipinski definition) is 1. The van der Waals surface area contributed by atoms with Gasteiger partial charge in [0.25, 0.3) is 5.91 Å². The fourth-order valence-electron chi connectivity index (χ4n) is 2.45. The summed E-state index contributed by atoms with van der Waals surface area (Å²) >= 11 is 0. The van der Waals surface area contributed by atoms with Crippen molar-refractivity contribution in [3.8, 4) is 0 Å². The lowest BCUT2D eigenvalue weighted by Gasteiger charge is -2.44. The van der Waals surface area contributed by atoms with Crippen LogP contribution in [0.2, 0.25) is 0 Å². The third kappa shape index (κ3) is 2.35. The molecule has 1 N–H and O–H groups in total. The van der Waals surface area contributed by atoms with Gasteiger partial charge in [-0.3, -0.25) is 14.5 Å². The van der Waals surface area contributed by atoms with Crippen LogP contribution in [0.3, 0.4) is 0 Å². The van der Waals surface area contributed by atoms with E-state index in [2.05, 4.69) is 5.32 Å². The molecule has 2 amide bonds. The Morgan fingerprint density at radius 2 is 1.74 bits per heavy atom. The molecule has 0 bridgehead atoms. The zero-order chi connectivity index (χ0) is 14.2. The summed E-state index contributed by atoms with van der Waals surface area (Å²) in [5.74, 6) is -0.110. The summed E-state index contributed by atoms with van der Waals surface area (Å²) in [5, 5.41) is 2.81. The number of carbonyl (C=O) groups excluding carboxylic acids is 2. The molecule has 1 atom stereocenters. The maximum atomic E-state index is 12.6. The summed E-state index contributed by atoms with van der Waals surface area (Å²) in [5.41, 5.74) is -0.0904. The predicted molar refractivity (Wildman–Crippen MR) is 74.8 cm³/mol. The Bertz CT molecular complexity index is 494. The highest BCUT2D eigenvalue weighted by molar-refractivity contribution is 6.10. The average Bonchev–Trinajstić information content (AvgIpc) is 2.33. The van der Waals surface area contributed by atoms with Gasteiger partial charge in [-0.1, -0.05) is 32.0 Å². The predicted octanol–water partition coefficient (Wildman–Crippen LogP) is 1.95. The van der Waals surface area contributed by atoms with E-state index in [9.17, 15) is 9.59 Å². The van der Waals surface area contributed by atoms with E-state index in [0.29, 0.717) is 0 Å². The molecule has 4 nitrogen and oxygen atoms in total. The number of carbonyl (C=O) groups is 2. The smallest absolute Gasteiger partial charge is 0.252 e. The van der Waals surface area contributed by atoms with Gasteiger partial charge in [0.1, 0.15) is 11.6 Å². The maximum absolute atomic E-state index is 12.6. The number of hydrogen-bond acceptors (Lipinski definition) is 2. The number of piperazine rings is 1. The first-order chi connectivity index (χ1) is 8.84. The molecule has 4 heteroatoms. The van der Waals surface area contributed by atoms with Gasteiger partial charge in [0, 0.05) is 5.69 Å². The third-order valence-electron chi connectivity index (χ3n) is 3.40. The number of nitrogens with zero attached hydrogens (tertiary/aromatic N) is 1. The van der Waals surface area contributed by atoms with E-state index in [-0.39, 0.29) is 17.7 Å². The molecule has 1 saturated heterocycles. The summed E-state index contributed by atoms with van der Waals surface area (Å²) in [7, 11) is 0. The van der Waals surface area contributed by atoms with E-state index in [1.807, 2.05) is 44.2 Å². The van der Waals surface area contributed by atoms with Crippen molar-refractivity contribution in [3.63, 3.8) is 0 Å². The van der Waals surface area contributed by atoms with E-state index >= 15 is 0 Å². The minimum absolute atomic E-state index is 0.0558. The fraction of sp³-hybridized carbons (Fsp3) is 0.467. The summed E-state index contributed by atoms with van der Waals surface area (Å²) in [4.78, 5) is 26.5. The molecule has 19 heavy (non-hydrogen) atoms. The van der Waals surface area contributed by atoms with Gasteiger partial charge in [-0.15, -0.1) is 0 Å². The summed E-state index contributed by atoms with van der Waals surface area (Å²) < 4.78 is 0. The second-order valence-electron chi connectivity index (χ2n) is 5.81. The van der Waals surface area contributed by atoms with Gasteiger partial charge in [-0.25, -0.2) is 0 Å². The van der Waals surface area contributed by atoms with E-state index in [0.717, 1.165) is 5.69 Å². The summed E-state index contributed by atoms with van der Waals surface area (Å²) in [6.45, 7) is 7.37. The molecule has 1 aromatic rings. The van der Waals surface area contributed by atoms with Gasteiger partial charge in [-0.2, -0.15) is 0 Å². The van der Waals surface area contributed by atoms with E-state index in [1.165, 1.54) is 0 Å². The van der Waals surface area contributed by atoms with Crippen LogP contribution in [-0.4, -0.2) is 23.4 Å². The summed E-state index contributed by atoms with van der Waals surface area (Å²) in [6, 6.07) is 8.92. The number of para-hydroxylation sites is 1. The average molecular weight is 260 g/mol. The SMILES string of the molecule is CC(C)C1C(=O)NC(C)(C)C(=O)N1c1ccccc1. The van der Waals surface area contributed by atoms with Crippen molar-refractivity contribution in [2.24, 2.45) is 5.92 Å². The minimum atomic E-state index is -0.863. The summed E-state index contributed by atoms with van der Waals surface area (Å²) in [6.07, 6.45) is 0. The Labute approximate surface area is 113 Å². The Morgan fingerprint density at radius 3 is 2.26 bits per heavy atom. The van der Waals surface area contributed by atoms with Crippen LogP contribution in [-0.2, 0) is 9.59 Å². The van der Waals surface area contributed by atoms with Crippen molar-refractivity contribution in [2.75, 3.05) is 4.90 Å². The Balaban J connectivity index is 2.50. The first-order valence-electron chi connectivity index (χ1n) is 6.55. The first kappa shape index (κ1) is 13.6. The zero-order valence-electron chi connectivity index (χ0n) is 11.8. The minimum Gasteiger partial charge on any atom is -0.340 e. The number of rotatable bonds is 2. The number of benzene rings is 1. The van der Waals surface area contributed by atoms with E-state index in [4.69, 9.17) is 0 Å². The van der Waals surface area contributed by atoms with Gasteiger partial charge in [0.05, 0.1) is 0 Å². The molecule has 1 heterocycles. The standard InChI is InChI=1S/C15H20N2O2/c1-10(2)12-13(18)16-15(3,4)14(19)17(12)11-8-6-5-7-9-11/h5-10,12H,1-4H3,(H,16,18). The molecule has 1 aliphatic rings. The fourth-order valence-corrected chi connectivity index (χ4v) is 2.45. The van der Waals surface area contributed by atoms with Crippen LogP contribution < -0.4 is 10.2 Å². The van der Waals surface area contributed by atoms with Gasteiger partial charge < -0.3 is 5.32 Å². The van der Waals surface area contributed by atoms with Gasteiger partial charge in [0.15, 0.2) is 0 Å². The Morgan fingerprint density at radius 1 is 1.16 bits per heavy atom. The van der Waals surface area contributed by atoms with Crippen LogP contribution in [0.5, 0.6) is 0 Å². The van der Waals surface area contributed by atoms with Crippen LogP contribution >= 0.6 is 0 Å². The number of nitrogens with one attached hydrogen (secondary N) is 1. The van der Waals surface area contributed by atoms with Crippen molar-refractivity contribution < 1.29 is 9.59 Å². The largest absolute Gasteiger partial charge is 0.340 e. The van der Waals surface area contributed by atoms with E-state index in [1.54, 1.807) is 18.7 Å². The van der Waals surface area contributed by atoms with Gasteiger partial charge >= 0.3 is 0 Å². The van der Waals surface area contributed by atoms with Crippen molar-refractivity contribution in [1.29, 1.82) is 0 Å². The molecule has 2 rings (SSSR count). The van der Waals surface area contributed by atoms with Gasteiger partial charge in [0.2, 0.25) is 5.91 Å². The zero-order valence-corrected chi connectivity index (χ0v) is 11.8. The van der Waals surface area contributed by atoms with Crippen molar-refractivity contribution in [1.82, 2.24) is 5.32 Å². The molecule has 1 aromatic carbocycles. The molecule has 0 aromatic heterocycles. The van der Waals surface area contributed by atoms with Crippen LogP contribution in [0.15, 0.2) is 30.3 Å². The third-order valence-corrected chi connectivity index (χ3v) is 3.40. The van der Waals surface area contributed by atoms with E-state index < -0.39 is 11.6 Å². The Kier molecular flexibility index (Phi) is 3.35. The quantitative estimate of drug-likeness (QED) is 0.883. The molecule has 0 spiro atoms. The number of amides is 2. The van der Waals surface area contributed by atoms with Crippen molar-refractivity contribution in [2.45, 2.75) is 39.3 Å². The molecule has 0 aliphatic carbocycles. The first-order valence-corrected chi connectivity index (χ1v) is 6.55. The molecule has 1 aliphatic heterocycles. The lowest BCUT2D eigenvalue weighted by Crippen LogP contribution is -2.69. The lowest BCUT2D eigenvalue weighted by atomic mass is 9.91. The van der Waals surface area contributed by atoms with Gasteiger partial charge in [-0.05, 0) is 31.9 Å². The van der Waals surface area contributed by atoms with Crippen LogP contribution in [0.25, 0.3) is 0 Å². The molecule has 0 saturated carbocycles. The molecular formula is C15H20N2O2. The second-order valence-corrected chi connectivity index (χ2v) is 5.81. The maximum Gasteiger partial charge on any atom is 0.252 e. The monoisotopic (exact) mass is 260 g/mol. The molecule has 102 valence electrons. The highest BCUT2D eigenvalue weighted by Gasteiger charge is 2.46. The van der Waals surface area contributed by atoms with Crippen LogP contribution in [0, 0.1) is 5.92 Å².